The average Bonchev–Trinajstić information content (AvgIpc) is 3.10. The van der Waals surface area contributed by atoms with E-state index in [0.717, 1.165) is 36.4 Å². The molecule has 0 spiro atoms. The summed E-state index contributed by atoms with van der Waals surface area (Å²) in [5.41, 5.74) is 0.723. The molecule has 0 bridgehead atoms. The largest absolute Gasteiger partial charge is 0.457 e. The number of para-hydroxylation sites is 1. The molecule has 252 valence electrons. The Morgan fingerprint density at radius 3 is 2.00 bits per heavy atom. The summed E-state index contributed by atoms with van der Waals surface area (Å²) < 4.78 is 35.3. The number of benzene rings is 4. The first-order valence-electron chi connectivity index (χ1n) is 16.1. The van der Waals surface area contributed by atoms with Crippen molar-refractivity contribution in [2.45, 2.75) is 69.0 Å². The summed E-state index contributed by atoms with van der Waals surface area (Å²) in [6, 6.07) is 27.8. The van der Waals surface area contributed by atoms with Crippen molar-refractivity contribution in [2.75, 3.05) is 10.8 Å². The number of hydrogen-bond acceptors (Lipinski definition) is 5. The molecular formula is C37H39Cl2N3O5S. The van der Waals surface area contributed by atoms with Crippen molar-refractivity contribution in [3.8, 4) is 11.5 Å². The molecule has 1 atom stereocenters. The predicted octanol–water partition coefficient (Wildman–Crippen LogP) is 8.24. The normalized spacial score (nSPS) is 14.1. The number of ether oxygens (including phenoxy) is 1. The second-order valence-corrected chi connectivity index (χ2v) is 14.4. The molecule has 0 radical (unpaired) electrons. The van der Waals surface area contributed by atoms with E-state index in [1.807, 2.05) is 37.3 Å². The summed E-state index contributed by atoms with van der Waals surface area (Å²) in [5, 5.41) is 3.82. The molecule has 1 N–H and O–H groups in total. The Morgan fingerprint density at radius 1 is 0.812 bits per heavy atom. The van der Waals surface area contributed by atoms with Gasteiger partial charge in [0, 0.05) is 28.2 Å². The van der Waals surface area contributed by atoms with E-state index in [1.54, 1.807) is 60.7 Å². The Kier molecular flexibility index (Phi) is 12.0. The molecule has 0 heterocycles. The van der Waals surface area contributed by atoms with Crippen LogP contribution in [0.2, 0.25) is 10.0 Å². The number of anilines is 1. The van der Waals surface area contributed by atoms with E-state index in [0.29, 0.717) is 33.5 Å². The van der Waals surface area contributed by atoms with Gasteiger partial charge in [0.15, 0.2) is 0 Å². The minimum absolute atomic E-state index is 0.0187. The molecule has 5 rings (SSSR count). The van der Waals surface area contributed by atoms with E-state index in [4.69, 9.17) is 27.9 Å². The Bertz CT molecular complexity index is 1760. The molecular weight excluding hydrogens is 669 g/mol. The third-order valence-electron chi connectivity index (χ3n) is 8.44. The highest BCUT2D eigenvalue weighted by Gasteiger charge is 2.35. The van der Waals surface area contributed by atoms with Gasteiger partial charge in [0.2, 0.25) is 11.8 Å². The minimum atomic E-state index is -4.23. The zero-order valence-corrected chi connectivity index (χ0v) is 29.1. The Morgan fingerprint density at radius 2 is 1.40 bits per heavy atom. The van der Waals surface area contributed by atoms with Gasteiger partial charge in [-0.2, -0.15) is 0 Å². The van der Waals surface area contributed by atoms with Crippen molar-refractivity contribution in [1.82, 2.24) is 10.2 Å². The molecule has 11 heteroatoms. The van der Waals surface area contributed by atoms with Crippen LogP contribution in [0.1, 0.15) is 51.0 Å². The van der Waals surface area contributed by atoms with Gasteiger partial charge in [0.25, 0.3) is 10.0 Å². The van der Waals surface area contributed by atoms with Crippen LogP contribution in [0.15, 0.2) is 108 Å². The fraction of sp³-hybridized carbons (Fsp3) is 0.297. The van der Waals surface area contributed by atoms with Crippen LogP contribution in [0, 0.1) is 0 Å². The molecule has 0 aromatic heterocycles. The summed E-state index contributed by atoms with van der Waals surface area (Å²) in [7, 11) is -4.23. The number of carbonyl (C=O) groups is 2. The van der Waals surface area contributed by atoms with Crippen LogP contribution in [0.25, 0.3) is 0 Å². The number of carbonyl (C=O) groups excluding carboxylic acids is 2. The second kappa shape index (κ2) is 16.4. The van der Waals surface area contributed by atoms with Crippen LogP contribution in [-0.4, -0.2) is 43.8 Å². The van der Waals surface area contributed by atoms with E-state index in [9.17, 15) is 18.0 Å². The van der Waals surface area contributed by atoms with Crippen molar-refractivity contribution >= 4 is 50.7 Å². The van der Waals surface area contributed by atoms with E-state index < -0.39 is 28.5 Å². The highest BCUT2D eigenvalue weighted by atomic mass is 35.5. The zero-order chi connectivity index (χ0) is 34.1. The molecule has 0 unspecified atom stereocenters. The first-order chi connectivity index (χ1) is 23.2. The van der Waals surface area contributed by atoms with Crippen LogP contribution >= 0.6 is 23.2 Å². The maximum atomic E-state index is 14.5. The van der Waals surface area contributed by atoms with E-state index in [1.165, 1.54) is 17.0 Å². The van der Waals surface area contributed by atoms with Gasteiger partial charge in [0.1, 0.15) is 24.1 Å². The highest BCUT2D eigenvalue weighted by molar-refractivity contribution is 7.92. The lowest BCUT2D eigenvalue weighted by atomic mass is 9.95. The molecule has 48 heavy (non-hydrogen) atoms. The van der Waals surface area contributed by atoms with E-state index >= 15 is 0 Å². The smallest absolute Gasteiger partial charge is 0.264 e. The predicted molar refractivity (Wildman–Crippen MR) is 190 cm³/mol. The van der Waals surface area contributed by atoms with Crippen LogP contribution in [-0.2, 0) is 26.2 Å². The summed E-state index contributed by atoms with van der Waals surface area (Å²) in [5.74, 6) is 0.246. The van der Waals surface area contributed by atoms with Crippen molar-refractivity contribution in [1.29, 1.82) is 0 Å². The van der Waals surface area contributed by atoms with Crippen molar-refractivity contribution in [3.63, 3.8) is 0 Å². The zero-order valence-electron chi connectivity index (χ0n) is 26.7. The Hall–Kier alpha value is -4.05. The maximum Gasteiger partial charge on any atom is 0.264 e. The number of halogens is 2. The number of nitrogens with one attached hydrogen (secondary N) is 1. The minimum Gasteiger partial charge on any atom is -0.457 e. The molecule has 1 saturated carbocycles. The summed E-state index contributed by atoms with van der Waals surface area (Å²) in [6.07, 6.45) is 5.23. The molecule has 1 aliphatic carbocycles. The number of rotatable bonds is 13. The highest BCUT2D eigenvalue weighted by Crippen LogP contribution is 2.31. The molecule has 1 aliphatic rings. The third kappa shape index (κ3) is 8.69. The third-order valence-corrected chi connectivity index (χ3v) is 10.9. The molecule has 4 aromatic carbocycles. The van der Waals surface area contributed by atoms with Gasteiger partial charge in [-0.25, -0.2) is 8.42 Å². The monoisotopic (exact) mass is 707 g/mol. The molecule has 4 aromatic rings. The fourth-order valence-electron chi connectivity index (χ4n) is 5.87. The van der Waals surface area contributed by atoms with Crippen LogP contribution in [0.3, 0.4) is 0 Å². The van der Waals surface area contributed by atoms with Crippen molar-refractivity contribution < 1.29 is 22.7 Å². The first-order valence-corrected chi connectivity index (χ1v) is 18.3. The molecule has 0 saturated heterocycles. The Labute approximate surface area is 292 Å². The first kappa shape index (κ1) is 35.3. The average molecular weight is 709 g/mol. The second-order valence-electron chi connectivity index (χ2n) is 11.7. The van der Waals surface area contributed by atoms with Gasteiger partial charge in [-0.1, -0.05) is 91.9 Å². The quantitative estimate of drug-likeness (QED) is 0.151. The van der Waals surface area contributed by atoms with Crippen LogP contribution in [0.5, 0.6) is 11.5 Å². The van der Waals surface area contributed by atoms with Crippen LogP contribution in [0.4, 0.5) is 5.69 Å². The lowest BCUT2D eigenvalue weighted by Crippen LogP contribution is -2.54. The summed E-state index contributed by atoms with van der Waals surface area (Å²) in [6.45, 7) is 1.16. The number of sulfonamides is 1. The lowest BCUT2D eigenvalue weighted by molar-refractivity contribution is -0.140. The van der Waals surface area contributed by atoms with Gasteiger partial charge in [-0.3, -0.25) is 13.9 Å². The van der Waals surface area contributed by atoms with Gasteiger partial charge in [-0.15, -0.1) is 0 Å². The van der Waals surface area contributed by atoms with Gasteiger partial charge >= 0.3 is 0 Å². The summed E-state index contributed by atoms with van der Waals surface area (Å²) >= 11 is 13.1. The topological polar surface area (TPSA) is 96.0 Å². The van der Waals surface area contributed by atoms with Gasteiger partial charge < -0.3 is 15.0 Å². The van der Waals surface area contributed by atoms with Crippen molar-refractivity contribution in [3.05, 3.63) is 119 Å². The molecule has 1 fully saturated rings. The maximum absolute atomic E-state index is 14.5. The van der Waals surface area contributed by atoms with Gasteiger partial charge in [0.05, 0.1) is 10.6 Å². The lowest BCUT2D eigenvalue weighted by Gasteiger charge is -2.34. The molecule has 0 aliphatic heterocycles. The SMILES string of the molecule is CC[C@@H](C(=O)NC1CCCCC1)N(Cc1c(Cl)cccc1Cl)C(=O)CN(c1ccc(Oc2ccccc2)cc1)S(=O)(=O)c1ccccc1. The van der Waals surface area contributed by atoms with Crippen molar-refractivity contribution in [2.24, 2.45) is 0 Å². The Balaban J connectivity index is 1.50. The molecule has 2 amide bonds. The number of hydrogen-bond donors (Lipinski definition) is 1. The molecule has 8 nitrogen and oxygen atoms in total. The number of nitrogens with zero attached hydrogens (tertiary/aromatic N) is 2. The fourth-order valence-corrected chi connectivity index (χ4v) is 7.82. The van der Waals surface area contributed by atoms with Gasteiger partial charge in [-0.05, 0) is 79.9 Å². The van der Waals surface area contributed by atoms with Crippen LogP contribution < -0.4 is 14.4 Å². The van der Waals surface area contributed by atoms with E-state index in [2.05, 4.69) is 5.32 Å². The van der Waals surface area contributed by atoms with E-state index in [-0.39, 0.29) is 29.1 Å². The number of amides is 2. The summed E-state index contributed by atoms with van der Waals surface area (Å²) in [4.78, 5) is 29.7. The standard InChI is InChI=1S/C37H39Cl2N3O5S/c1-2-35(37(44)40-27-13-6-3-7-14-27)41(25-32-33(38)19-12-20-34(32)39)36(43)26-42(48(45,46)31-17-10-5-11-18-31)28-21-23-30(24-22-28)47-29-15-8-4-9-16-29/h4-5,8-12,15-24,27,35H,2-3,6-7,13-14,25-26H2,1H3,(H,40,44)/t35-/m0/s1.